The first-order valence-corrected chi connectivity index (χ1v) is 5.21. The maximum atomic E-state index is 13.5. The normalized spacial score (nSPS) is 12.7. The van der Waals surface area contributed by atoms with E-state index in [2.05, 4.69) is 5.10 Å². The average Bonchev–Trinajstić information content (AvgIpc) is 2.66. The Kier molecular flexibility index (Phi) is 3.01. The molecular weight excluding hydrogens is 205 g/mol. The van der Waals surface area contributed by atoms with Gasteiger partial charge in [0.1, 0.15) is 11.5 Å². The lowest BCUT2D eigenvalue weighted by Gasteiger charge is -2.02. The minimum atomic E-state index is -0.280. The summed E-state index contributed by atoms with van der Waals surface area (Å²) in [5.74, 6) is -0.280. The summed E-state index contributed by atoms with van der Waals surface area (Å²) in [5, 5.41) is 4.12. The molecule has 1 aromatic carbocycles. The van der Waals surface area contributed by atoms with E-state index in [4.69, 9.17) is 5.73 Å². The SMILES string of the molecule is CC(N)Cc1cnn(-c2ccccc2F)c1. The van der Waals surface area contributed by atoms with E-state index >= 15 is 0 Å². The van der Waals surface area contributed by atoms with Crippen molar-refractivity contribution in [1.29, 1.82) is 0 Å². The predicted octanol–water partition coefficient (Wildman–Crippen LogP) is 1.90. The van der Waals surface area contributed by atoms with Gasteiger partial charge in [-0.3, -0.25) is 0 Å². The van der Waals surface area contributed by atoms with Crippen molar-refractivity contribution in [1.82, 2.24) is 9.78 Å². The Balaban J connectivity index is 2.28. The van der Waals surface area contributed by atoms with Crippen LogP contribution in [0.5, 0.6) is 0 Å². The van der Waals surface area contributed by atoms with Crippen LogP contribution in [-0.2, 0) is 6.42 Å². The highest BCUT2D eigenvalue weighted by atomic mass is 19.1. The summed E-state index contributed by atoms with van der Waals surface area (Å²) in [6, 6.07) is 6.63. The number of halogens is 1. The number of benzene rings is 1. The van der Waals surface area contributed by atoms with Crippen molar-refractivity contribution in [2.45, 2.75) is 19.4 Å². The summed E-state index contributed by atoms with van der Waals surface area (Å²) < 4.78 is 15.0. The van der Waals surface area contributed by atoms with Gasteiger partial charge in [-0.1, -0.05) is 12.1 Å². The molecule has 1 aromatic heterocycles. The van der Waals surface area contributed by atoms with E-state index in [1.807, 2.05) is 13.1 Å². The zero-order valence-corrected chi connectivity index (χ0v) is 9.10. The molecule has 1 atom stereocenters. The van der Waals surface area contributed by atoms with Crippen molar-refractivity contribution < 1.29 is 4.39 Å². The van der Waals surface area contributed by atoms with Crippen molar-refractivity contribution in [3.8, 4) is 5.69 Å². The summed E-state index contributed by atoms with van der Waals surface area (Å²) in [5.41, 5.74) is 7.16. The van der Waals surface area contributed by atoms with Crippen LogP contribution < -0.4 is 5.73 Å². The molecule has 0 aliphatic rings. The Hall–Kier alpha value is -1.68. The zero-order chi connectivity index (χ0) is 11.5. The Bertz CT molecular complexity index is 477. The third kappa shape index (κ3) is 2.28. The molecule has 0 spiro atoms. The highest BCUT2D eigenvalue weighted by Gasteiger charge is 2.06. The molecule has 0 saturated heterocycles. The van der Waals surface area contributed by atoms with E-state index in [9.17, 15) is 4.39 Å². The van der Waals surface area contributed by atoms with Crippen molar-refractivity contribution in [2.24, 2.45) is 5.73 Å². The molecule has 0 fully saturated rings. The van der Waals surface area contributed by atoms with Crippen LogP contribution in [0.1, 0.15) is 12.5 Å². The Morgan fingerprint density at radius 3 is 2.88 bits per heavy atom. The molecular formula is C12H14FN3. The Labute approximate surface area is 93.7 Å². The van der Waals surface area contributed by atoms with Crippen molar-refractivity contribution in [3.63, 3.8) is 0 Å². The first-order chi connectivity index (χ1) is 7.66. The summed E-state index contributed by atoms with van der Waals surface area (Å²) in [4.78, 5) is 0. The molecule has 0 bridgehead atoms. The first kappa shape index (κ1) is 10.8. The van der Waals surface area contributed by atoms with Crippen molar-refractivity contribution in [2.75, 3.05) is 0 Å². The van der Waals surface area contributed by atoms with Gasteiger partial charge in [0.2, 0.25) is 0 Å². The standard InChI is InChI=1S/C12H14FN3/c1-9(14)6-10-7-15-16(8-10)12-5-3-2-4-11(12)13/h2-5,7-9H,6,14H2,1H3. The average molecular weight is 219 g/mol. The maximum Gasteiger partial charge on any atom is 0.148 e. The van der Waals surface area contributed by atoms with Crippen LogP contribution in [0, 0.1) is 5.82 Å². The van der Waals surface area contributed by atoms with Gasteiger partial charge >= 0.3 is 0 Å². The lowest BCUT2D eigenvalue weighted by atomic mass is 10.1. The highest BCUT2D eigenvalue weighted by molar-refractivity contribution is 5.33. The van der Waals surface area contributed by atoms with Crippen LogP contribution in [0.15, 0.2) is 36.7 Å². The monoisotopic (exact) mass is 219 g/mol. The molecule has 0 amide bonds. The Morgan fingerprint density at radius 2 is 2.19 bits per heavy atom. The molecule has 84 valence electrons. The van der Waals surface area contributed by atoms with Crippen LogP contribution in [0.25, 0.3) is 5.69 Å². The fourth-order valence-electron chi connectivity index (χ4n) is 1.61. The molecule has 2 aromatic rings. The summed E-state index contributed by atoms with van der Waals surface area (Å²) in [6.45, 7) is 1.93. The fraction of sp³-hybridized carbons (Fsp3) is 0.250. The number of nitrogens with two attached hydrogens (primary N) is 1. The van der Waals surface area contributed by atoms with E-state index in [1.165, 1.54) is 10.7 Å². The van der Waals surface area contributed by atoms with Crippen LogP contribution in [0.4, 0.5) is 4.39 Å². The molecule has 3 nitrogen and oxygen atoms in total. The number of rotatable bonds is 3. The topological polar surface area (TPSA) is 43.8 Å². The summed E-state index contributed by atoms with van der Waals surface area (Å²) in [7, 11) is 0. The second kappa shape index (κ2) is 4.45. The van der Waals surface area contributed by atoms with Gasteiger partial charge in [-0.25, -0.2) is 9.07 Å². The molecule has 2 rings (SSSR count). The predicted molar refractivity (Wildman–Crippen MR) is 60.9 cm³/mol. The second-order valence-corrected chi connectivity index (χ2v) is 3.93. The molecule has 0 radical (unpaired) electrons. The molecule has 0 aliphatic heterocycles. The molecule has 4 heteroatoms. The molecule has 16 heavy (non-hydrogen) atoms. The lowest BCUT2D eigenvalue weighted by molar-refractivity contribution is 0.611. The zero-order valence-electron chi connectivity index (χ0n) is 9.10. The van der Waals surface area contributed by atoms with Gasteiger partial charge in [-0.2, -0.15) is 5.10 Å². The number of hydrogen-bond acceptors (Lipinski definition) is 2. The molecule has 0 saturated carbocycles. The molecule has 2 N–H and O–H groups in total. The van der Waals surface area contributed by atoms with Gasteiger partial charge in [0.05, 0.1) is 6.20 Å². The van der Waals surface area contributed by atoms with Crippen LogP contribution >= 0.6 is 0 Å². The van der Waals surface area contributed by atoms with E-state index in [1.54, 1.807) is 24.4 Å². The third-order valence-electron chi connectivity index (χ3n) is 2.29. The maximum absolute atomic E-state index is 13.5. The molecule has 1 unspecified atom stereocenters. The third-order valence-corrected chi connectivity index (χ3v) is 2.29. The molecule has 0 aliphatic carbocycles. The quantitative estimate of drug-likeness (QED) is 0.856. The van der Waals surface area contributed by atoms with Gasteiger partial charge in [0.15, 0.2) is 0 Å². The van der Waals surface area contributed by atoms with Gasteiger partial charge < -0.3 is 5.73 Å². The first-order valence-electron chi connectivity index (χ1n) is 5.21. The van der Waals surface area contributed by atoms with Gasteiger partial charge in [0.25, 0.3) is 0 Å². The van der Waals surface area contributed by atoms with Crippen molar-refractivity contribution in [3.05, 3.63) is 48.0 Å². The minimum absolute atomic E-state index is 0.0817. The van der Waals surface area contributed by atoms with E-state index < -0.39 is 0 Å². The largest absolute Gasteiger partial charge is 0.328 e. The number of nitrogens with zero attached hydrogens (tertiary/aromatic N) is 2. The minimum Gasteiger partial charge on any atom is -0.328 e. The highest BCUT2D eigenvalue weighted by Crippen LogP contribution is 2.12. The smallest absolute Gasteiger partial charge is 0.148 e. The van der Waals surface area contributed by atoms with Crippen LogP contribution in [0.2, 0.25) is 0 Å². The van der Waals surface area contributed by atoms with Gasteiger partial charge in [-0.05, 0) is 31.0 Å². The van der Waals surface area contributed by atoms with E-state index in [0.717, 1.165) is 12.0 Å². The number of hydrogen-bond donors (Lipinski definition) is 1. The second-order valence-electron chi connectivity index (χ2n) is 3.93. The fourth-order valence-corrected chi connectivity index (χ4v) is 1.61. The lowest BCUT2D eigenvalue weighted by Crippen LogP contribution is -2.17. The number of para-hydroxylation sites is 1. The number of aromatic nitrogens is 2. The van der Waals surface area contributed by atoms with E-state index in [-0.39, 0.29) is 11.9 Å². The van der Waals surface area contributed by atoms with Crippen LogP contribution in [0.3, 0.4) is 0 Å². The van der Waals surface area contributed by atoms with Gasteiger partial charge in [-0.15, -0.1) is 0 Å². The summed E-state index contributed by atoms with van der Waals surface area (Å²) >= 11 is 0. The van der Waals surface area contributed by atoms with Crippen molar-refractivity contribution >= 4 is 0 Å². The van der Waals surface area contributed by atoms with Gasteiger partial charge in [0, 0.05) is 12.2 Å². The van der Waals surface area contributed by atoms with E-state index in [0.29, 0.717) is 5.69 Å². The molecule has 1 heterocycles. The summed E-state index contributed by atoms with van der Waals surface area (Å²) in [6.07, 6.45) is 4.27. The van der Waals surface area contributed by atoms with Crippen LogP contribution in [-0.4, -0.2) is 15.8 Å². The Morgan fingerprint density at radius 1 is 1.44 bits per heavy atom.